The minimum Gasteiger partial charge on any atom is -0.552 e. The molecule has 1 fully saturated rings. The Bertz CT molecular complexity index is 374. The predicted octanol–water partition coefficient (Wildman–Crippen LogP) is 1.58. The van der Waals surface area contributed by atoms with E-state index in [2.05, 4.69) is 58.2 Å². The van der Waals surface area contributed by atoms with Gasteiger partial charge in [-0.1, -0.05) is 57.5 Å². The van der Waals surface area contributed by atoms with E-state index in [4.69, 9.17) is 4.74 Å². The third kappa shape index (κ3) is 3.66. The molecule has 0 aliphatic heterocycles. The van der Waals surface area contributed by atoms with Crippen LogP contribution < -0.4 is 18.9 Å². The summed E-state index contributed by atoms with van der Waals surface area (Å²) in [4.78, 5) is 0. The molecule has 0 spiro atoms. The second-order valence-electron chi connectivity index (χ2n) is 6.32. The molecule has 2 rings (SSSR count). The normalized spacial score (nSPS) is 27.7. The first-order valence-electron chi connectivity index (χ1n) is 7.02. The molecule has 1 saturated carbocycles. The maximum Gasteiger partial charge on any atom is 1.00 e. The molecule has 0 N–H and O–H groups in total. The van der Waals surface area contributed by atoms with Crippen molar-refractivity contribution >= 4 is 0 Å². The molecule has 0 radical (unpaired) electrons. The van der Waals surface area contributed by atoms with Crippen LogP contribution in [0, 0.1) is 18.9 Å². The Morgan fingerprint density at radius 1 is 1.16 bits per heavy atom. The van der Waals surface area contributed by atoms with Gasteiger partial charge in [-0.05, 0) is 35.7 Å². The van der Waals surface area contributed by atoms with Crippen LogP contribution in [0.2, 0.25) is 0 Å². The Kier molecular flexibility index (Phi) is 6.18. The zero-order valence-electron chi connectivity index (χ0n) is 12.9. The van der Waals surface area contributed by atoms with Crippen LogP contribution in [-0.2, 0) is 10.2 Å². The van der Waals surface area contributed by atoms with Crippen molar-refractivity contribution in [3.05, 3.63) is 43.0 Å². The average Bonchev–Trinajstić information content (AvgIpc) is 2.39. The quantitative estimate of drug-likeness (QED) is 0.586. The zero-order valence-corrected chi connectivity index (χ0v) is 12.9. The van der Waals surface area contributed by atoms with Gasteiger partial charge in [-0.25, -0.2) is 7.11 Å². The largest absolute Gasteiger partial charge is 1.00 e. The number of hydrogen-bond acceptors (Lipinski definition) is 1. The van der Waals surface area contributed by atoms with Crippen LogP contribution in [0.3, 0.4) is 0 Å². The van der Waals surface area contributed by atoms with E-state index in [-0.39, 0.29) is 24.3 Å². The fraction of sp³-hybridized carbons (Fsp3) is 0.588. The first-order chi connectivity index (χ1) is 8.55. The van der Waals surface area contributed by atoms with E-state index in [0.29, 0.717) is 12.0 Å². The maximum absolute atomic E-state index is 5.53. The molecule has 3 atom stereocenters. The van der Waals surface area contributed by atoms with Crippen LogP contribution in [-0.4, -0.2) is 6.10 Å². The predicted molar refractivity (Wildman–Crippen MR) is 76.2 cm³/mol. The molecule has 0 bridgehead atoms. The van der Waals surface area contributed by atoms with E-state index >= 15 is 0 Å². The van der Waals surface area contributed by atoms with Crippen LogP contribution in [0.15, 0.2) is 30.3 Å². The molecule has 100 valence electrons. The summed E-state index contributed by atoms with van der Waals surface area (Å²) < 4.78 is 5.53. The average molecular weight is 252 g/mol. The minimum absolute atomic E-state index is 0. The van der Waals surface area contributed by atoms with Crippen LogP contribution in [0.4, 0.5) is 0 Å². The van der Waals surface area contributed by atoms with Crippen molar-refractivity contribution in [2.75, 3.05) is 0 Å². The smallest absolute Gasteiger partial charge is 0.552 e. The SMILES string of the molecule is [CH2-]O[C@@H]1C[C@H](C)CC[C@H]1C(C)(C)c1ccccc1.[Li+]. The van der Waals surface area contributed by atoms with Crippen molar-refractivity contribution in [2.24, 2.45) is 11.8 Å². The van der Waals surface area contributed by atoms with E-state index in [1.165, 1.54) is 18.4 Å². The van der Waals surface area contributed by atoms with Gasteiger partial charge in [0.2, 0.25) is 0 Å². The molecule has 0 unspecified atom stereocenters. The summed E-state index contributed by atoms with van der Waals surface area (Å²) in [5.74, 6) is 1.33. The van der Waals surface area contributed by atoms with E-state index < -0.39 is 0 Å². The van der Waals surface area contributed by atoms with Gasteiger partial charge in [0.15, 0.2) is 0 Å². The minimum atomic E-state index is 0. The first kappa shape index (κ1) is 16.8. The fourth-order valence-corrected chi connectivity index (χ4v) is 3.42. The number of benzene rings is 1. The van der Waals surface area contributed by atoms with Crippen molar-refractivity contribution in [1.29, 1.82) is 0 Å². The van der Waals surface area contributed by atoms with Crippen LogP contribution in [0.1, 0.15) is 45.6 Å². The molecule has 1 aliphatic rings. The van der Waals surface area contributed by atoms with Crippen molar-refractivity contribution < 1.29 is 23.6 Å². The number of hydrogen-bond donors (Lipinski definition) is 0. The van der Waals surface area contributed by atoms with Crippen molar-refractivity contribution in [3.63, 3.8) is 0 Å². The molecule has 1 aromatic carbocycles. The third-order valence-corrected chi connectivity index (χ3v) is 4.71. The summed E-state index contributed by atoms with van der Waals surface area (Å²) in [6.07, 6.45) is 3.98. The molecular weight excluding hydrogens is 227 g/mol. The third-order valence-electron chi connectivity index (χ3n) is 4.71. The van der Waals surface area contributed by atoms with Crippen molar-refractivity contribution in [2.45, 2.75) is 51.6 Å². The Hall–Kier alpha value is -0.223. The topological polar surface area (TPSA) is 9.23 Å². The van der Waals surface area contributed by atoms with Gasteiger partial charge in [0.1, 0.15) is 0 Å². The van der Waals surface area contributed by atoms with Gasteiger partial charge < -0.3 is 4.74 Å². The molecule has 2 heteroatoms. The van der Waals surface area contributed by atoms with Gasteiger partial charge in [-0.3, -0.25) is 0 Å². The Labute approximate surface area is 130 Å². The summed E-state index contributed by atoms with van der Waals surface area (Å²) in [7, 11) is 3.70. The first-order valence-corrected chi connectivity index (χ1v) is 7.02. The molecule has 19 heavy (non-hydrogen) atoms. The van der Waals surface area contributed by atoms with Gasteiger partial charge in [0.05, 0.1) is 0 Å². The standard InChI is InChI=1S/C17H25O.Li/c1-13-10-11-15(16(12-13)18-4)17(2,3)14-8-6-5-7-9-14;/h5-9,13,15-16H,4,10-12H2,1-3H3;/q-1;+1/t13-,15-,16-;/m1./s1. The molecule has 0 heterocycles. The van der Waals surface area contributed by atoms with Gasteiger partial charge in [0, 0.05) is 6.10 Å². The van der Waals surface area contributed by atoms with E-state index in [1.807, 2.05) is 0 Å². The molecule has 0 saturated heterocycles. The Balaban J connectivity index is 0.00000180. The Morgan fingerprint density at radius 2 is 1.79 bits per heavy atom. The molecule has 1 aromatic rings. The maximum atomic E-state index is 5.53. The van der Waals surface area contributed by atoms with Gasteiger partial charge in [-0.2, -0.15) is 0 Å². The van der Waals surface area contributed by atoms with E-state index in [9.17, 15) is 0 Å². The fourth-order valence-electron chi connectivity index (χ4n) is 3.42. The van der Waals surface area contributed by atoms with Gasteiger partial charge in [-0.15, -0.1) is 0 Å². The van der Waals surface area contributed by atoms with E-state index in [1.54, 1.807) is 0 Å². The number of ether oxygens (including phenoxy) is 1. The second-order valence-corrected chi connectivity index (χ2v) is 6.32. The molecule has 1 nitrogen and oxygen atoms in total. The zero-order chi connectivity index (χ0) is 13.2. The second kappa shape index (κ2) is 6.98. The van der Waals surface area contributed by atoms with Crippen LogP contribution in [0.5, 0.6) is 0 Å². The number of rotatable bonds is 3. The molecule has 1 aliphatic carbocycles. The monoisotopic (exact) mass is 252 g/mol. The summed E-state index contributed by atoms with van der Waals surface area (Å²) in [6.45, 7) is 7.00. The van der Waals surface area contributed by atoms with E-state index in [0.717, 1.165) is 12.3 Å². The summed E-state index contributed by atoms with van der Waals surface area (Å²) >= 11 is 0. The van der Waals surface area contributed by atoms with Gasteiger partial charge in [0.25, 0.3) is 0 Å². The Morgan fingerprint density at radius 3 is 2.37 bits per heavy atom. The van der Waals surface area contributed by atoms with Crippen molar-refractivity contribution in [1.82, 2.24) is 0 Å². The molecule has 0 aromatic heterocycles. The summed E-state index contributed by atoms with van der Waals surface area (Å²) in [5, 5.41) is 0. The van der Waals surface area contributed by atoms with Gasteiger partial charge >= 0.3 is 18.9 Å². The summed E-state index contributed by atoms with van der Waals surface area (Å²) in [5.41, 5.74) is 1.57. The molecular formula is C17H25LiO. The molecule has 0 amide bonds. The summed E-state index contributed by atoms with van der Waals surface area (Å²) in [6, 6.07) is 10.8. The van der Waals surface area contributed by atoms with Crippen molar-refractivity contribution in [3.8, 4) is 0 Å². The van der Waals surface area contributed by atoms with Crippen LogP contribution in [0.25, 0.3) is 0 Å². The van der Waals surface area contributed by atoms with Crippen LogP contribution >= 0.6 is 0 Å².